The smallest absolute Gasteiger partial charge is 0.205 e. The van der Waals surface area contributed by atoms with Crippen molar-refractivity contribution in [3.05, 3.63) is 0 Å². The van der Waals surface area contributed by atoms with E-state index in [4.69, 9.17) is 0 Å². The van der Waals surface area contributed by atoms with Crippen LogP contribution in [0.4, 0.5) is 0 Å². The number of hydrogen-bond donors (Lipinski definition) is 0. The van der Waals surface area contributed by atoms with Crippen molar-refractivity contribution in [1.82, 2.24) is 0 Å². The molecule has 0 atom stereocenters. The van der Waals surface area contributed by atoms with Gasteiger partial charge in [0.2, 0.25) is 17.9 Å². The van der Waals surface area contributed by atoms with E-state index in [2.05, 4.69) is 41.5 Å². The highest BCUT2D eigenvalue weighted by Gasteiger charge is 1.88. The average Bonchev–Trinajstić information content (AvgIpc) is 1.63. The van der Waals surface area contributed by atoms with Crippen molar-refractivity contribution in [3.63, 3.8) is 0 Å². The molecule has 0 heterocycles. The zero-order chi connectivity index (χ0) is 7.28. The lowest BCUT2D eigenvalue weighted by molar-refractivity contribution is 1.67. The van der Waals surface area contributed by atoms with Gasteiger partial charge < -0.3 is 0 Å². The lowest BCUT2D eigenvalue weighted by Crippen LogP contribution is -1.95. The van der Waals surface area contributed by atoms with E-state index in [1.165, 1.54) is 0 Å². The Morgan fingerprint density at radius 3 is 1.44 bits per heavy atom. The van der Waals surface area contributed by atoms with Crippen molar-refractivity contribution in [2.45, 2.75) is 26.2 Å². The van der Waals surface area contributed by atoms with Crippen molar-refractivity contribution in [2.75, 3.05) is 0 Å². The van der Waals surface area contributed by atoms with Gasteiger partial charge in [-0.2, -0.15) is 0 Å². The molecule has 0 unspecified atom stereocenters. The van der Waals surface area contributed by atoms with Gasteiger partial charge in [0.25, 0.3) is 0 Å². The highest BCUT2D eigenvalue weighted by atomic mass is 28.3. The summed E-state index contributed by atoms with van der Waals surface area (Å²) in [5.41, 5.74) is 0. The minimum atomic E-state index is -0.494. The first kappa shape index (κ1) is 8.81. The summed E-state index contributed by atoms with van der Waals surface area (Å²) >= 11 is 0. The maximum absolute atomic E-state index is 4.08. The van der Waals surface area contributed by atoms with E-state index < -0.39 is 17.9 Å². The maximum atomic E-state index is 4.08. The minimum Gasteiger partial charge on any atom is -0.269 e. The van der Waals surface area contributed by atoms with E-state index in [9.17, 15) is 0 Å². The van der Waals surface area contributed by atoms with E-state index in [0.717, 1.165) is 0 Å². The summed E-state index contributed by atoms with van der Waals surface area (Å²) in [5.74, 6) is 0. The first-order chi connectivity index (χ1) is 4.13. The summed E-state index contributed by atoms with van der Waals surface area (Å²) in [5, 5.41) is 0. The van der Waals surface area contributed by atoms with Gasteiger partial charge in [0.1, 0.15) is 0 Å². The first-order valence-electron chi connectivity index (χ1n) is 2.89. The molecule has 4 heteroatoms. The predicted octanol–water partition coefficient (Wildman–Crippen LogP) is 1.66. The summed E-state index contributed by atoms with van der Waals surface area (Å²) in [6.07, 6.45) is 0. The van der Waals surface area contributed by atoms with Gasteiger partial charge in [-0.25, -0.2) is 0 Å². The Morgan fingerprint density at radius 2 is 1.22 bits per heavy atom. The lowest BCUT2D eigenvalue weighted by atomic mass is 11.6. The molecule has 50 valence electrons. The van der Waals surface area contributed by atoms with Crippen molar-refractivity contribution in [3.8, 4) is 0 Å². The molecule has 0 aromatic carbocycles. The summed E-state index contributed by atoms with van der Waals surface area (Å²) < 4.78 is 8.15. The average molecular weight is 156 g/mol. The SMILES string of the molecule is C[Si](C)N=C=N[Si](C)C. The van der Waals surface area contributed by atoms with E-state index in [0.29, 0.717) is 0 Å². The maximum Gasteiger partial charge on any atom is 0.205 e. The molecular weight excluding hydrogens is 144 g/mol. The number of rotatable bonds is 2. The Bertz CT molecular complexity index is 113. The molecule has 2 radical (unpaired) electrons. The molecular formula is C5H12N2Si2. The van der Waals surface area contributed by atoms with Crippen LogP contribution >= 0.6 is 0 Å². The summed E-state index contributed by atoms with van der Waals surface area (Å²) in [7, 11) is -0.988. The van der Waals surface area contributed by atoms with Crippen LogP contribution in [0.3, 0.4) is 0 Å². The van der Waals surface area contributed by atoms with Gasteiger partial charge >= 0.3 is 0 Å². The molecule has 0 aliphatic heterocycles. The number of nitrogens with zero attached hydrogens (tertiary/aromatic N) is 2. The molecule has 0 aromatic rings. The fourth-order valence-corrected chi connectivity index (χ4v) is 0.825. The number of hydrogen-bond acceptors (Lipinski definition) is 2. The topological polar surface area (TPSA) is 24.7 Å². The second-order valence-electron chi connectivity index (χ2n) is 2.22. The molecule has 0 rings (SSSR count). The quantitative estimate of drug-likeness (QED) is 0.429. The van der Waals surface area contributed by atoms with Gasteiger partial charge in [-0.05, 0) is 26.2 Å². The van der Waals surface area contributed by atoms with Gasteiger partial charge in [-0.15, -0.1) is 0 Å². The molecule has 0 saturated heterocycles. The summed E-state index contributed by atoms with van der Waals surface area (Å²) in [6.45, 7) is 8.46. The van der Waals surface area contributed by atoms with Crippen LogP contribution in [-0.4, -0.2) is 23.9 Å². The standard InChI is InChI=1S/C5H12N2Si2/c1-8(2)6-5-7-9(3)4/h1-4H3. The van der Waals surface area contributed by atoms with Crippen molar-refractivity contribution >= 4 is 23.9 Å². The van der Waals surface area contributed by atoms with Crippen molar-refractivity contribution in [2.24, 2.45) is 9.32 Å². The Hall–Kier alpha value is -0.186. The molecule has 0 fully saturated rings. The molecule has 0 bridgehead atoms. The summed E-state index contributed by atoms with van der Waals surface area (Å²) in [4.78, 5) is 0. The Morgan fingerprint density at radius 1 is 0.889 bits per heavy atom. The molecule has 0 saturated carbocycles. The third-order valence-electron chi connectivity index (χ3n) is 0.547. The fraction of sp³-hybridized carbons (Fsp3) is 0.800. The molecule has 0 aliphatic rings. The summed E-state index contributed by atoms with van der Waals surface area (Å²) in [6, 6.07) is 2.72. The minimum absolute atomic E-state index is 0.494. The zero-order valence-corrected chi connectivity index (χ0v) is 8.39. The zero-order valence-electron chi connectivity index (χ0n) is 6.39. The normalized spacial score (nSPS) is 9.56. The van der Waals surface area contributed by atoms with Crippen LogP contribution in [0, 0.1) is 0 Å². The molecule has 0 N–H and O–H groups in total. The third-order valence-corrected chi connectivity index (χ3v) is 1.64. The molecule has 9 heavy (non-hydrogen) atoms. The highest BCUT2D eigenvalue weighted by molar-refractivity contribution is 6.56. The van der Waals surface area contributed by atoms with Gasteiger partial charge in [0.05, 0.1) is 6.01 Å². The van der Waals surface area contributed by atoms with Crippen molar-refractivity contribution in [1.29, 1.82) is 0 Å². The molecule has 2 nitrogen and oxygen atoms in total. The Balaban J connectivity index is 3.67. The van der Waals surface area contributed by atoms with E-state index in [1.807, 2.05) is 0 Å². The largest absolute Gasteiger partial charge is 0.269 e. The molecule has 0 amide bonds. The van der Waals surface area contributed by atoms with Gasteiger partial charge in [-0.3, -0.25) is 9.32 Å². The van der Waals surface area contributed by atoms with Crippen LogP contribution in [0.15, 0.2) is 9.32 Å². The van der Waals surface area contributed by atoms with Gasteiger partial charge in [0.15, 0.2) is 0 Å². The van der Waals surface area contributed by atoms with Gasteiger partial charge in [0, 0.05) is 0 Å². The van der Waals surface area contributed by atoms with E-state index in [1.54, 1.807) is 0 Å². The van der Waals surface area contributed by atoms with Crippen LogP contribution in [0.1, 0.15) is 0 Å². The van der Waals surface area contributed by atoms with Crippen LogP contribution in [-0.2, 0) is 0 Å². The third kappa shape index (κ3) is 7.81. The van der Waals surface area contributed by atoms with Crippen LogP contribution in [0.2, 0.25) is 26.2 Å². The highest BCUT2D eigenvalue weighted by Crippen LogP contribution is 1.79. The predicted molar refractivity (Wildman–Crippen MR) is 44.8 cm³/mol. The molecule has 0 aliphatic carbocycles. The lowest BCUT2D eigenvalue weighted by Gasteiger charge is -1.85. The van der Waals surface area contributed by atoms with Crippen molar-refractivity contribution < 1.29 is 0 Å². The Kier molecular flexibility index (Phi) is 4.57. The second kappa shape index (κ2) is 4.67. The fourth-order valence-electron chi connectivity index (χ4n) is 0.225. The van der Waals surface area contributed by atoms with Gasteiger partial charge in [-0.1, -0.05) is 0 Å². The van der Waals surface area contributed by atoms with Crippen LogP contribution < -0.4 is 0 Å². The van der Waals surface area contributed by atoms with Crippen LogP contribution in [0.5, 0.6) is 0 Å². The first-order valence-corrected chi connectivity index (χ1v) is 7.79. The monoisotopic (exact) mass is 156 g/mol. The van der Waals surface area contributed by atoms with E-state index in [-0.39, 0.29) is 0 Å². The molecule has 0 spiro atoms. The van der Waals surface area contributed by atoms with Crippen LogP contribution in [0.25, 0.3) is 0 Å². The van der Waals surface area contributed by atoms with E-state index >= 15 is 0 Å². The second-order valence-corrected chi connectivity index (χ2v) is 6.45. The Labute approximate surface area is 60.1 Å². The molecule has 0 aromatic heterocycles.